The molecule has 1 fully saturated rings. The van der Waals surface area contributed by atoms with E-state index in [-0.39, 0.29) is 23.6 Å². The first-order valence-corrected chi connectivity index (χ1v) is 9.87. The minimum absolute atomic E-state index is 0.104. The van der Waals surface area contributed by atoms with Gasteiger partial charge in [0, 0.05) is 25.5 Å². The van der Waals surface area contributed by atoms with Crippen LogP contribution in [0.25, 0.3) is 0 Å². The van der Waals surface area contributed by atoms with Crippen LogP contribution in [0.15, 0.2) is 60.7 Å². The van der Waals surface area contributed by atoms with E-state index in [2.05, 4.69) is 26.9 Å². The minimum atomic E-state index is -0.364. The van der Waals surface area contributed by atoms with Crippen molar-refractivity contribution in [3.63, 3.8) is 0 Å². The van der Waals surface area contributed by atoms with Gasteiger partial charge in [-0.15, -0.1) is 10.2 Å². The number of para-hydroxylation sites is 1. The van der Waals surface area contributed by atoms with Crippen LogP contribution in [0.2, 0.25) is 0 Å². The maximum atomic E-state index is 13.8. The van der Waals surface area contributed by atoms with Crippen molar-refractivity contribution in [2.24, 2.45) is 0 Å². The van der Waals surface area contributed by atoms with Gasteiger partial charge in [0.15, 0.2) is 17.4 Å². The van der Waals surface area contributed by atoms with E-state index in [4.69, 9.17) is 9.47 Å². The average molecular weight is 417 g/mol. The van der Waals surface area contributed by atoms with Gasteiger partial charge in [-0.05, 0) is 54.5 Å². The van der Waals surface area contributed by atoms with E-state index < -0.39 is 0 Å². The highest BCUT2D eigenvalue weighted by Gasteiger charge is 2.26. The van der Waals surface area contributed by atoms with E-state index >= 15 is 0 Å². The van der Waals surface area contributed by atoms with Gasteiger partial charge in [-0.25, -0.2) is 4.39 Å². The summed E-state index contributed by atoms with van der Waals surface area (Å²) in [7, 11) is 0. The summed E-state index contributed by atoms with van der Waals surface area (Å²) in [5, 5.41) is 8.45. The monoisotopic (exact) mass is 417 g/mol. The number of ether oxygens (including phenoxy) is 2. The molecule has 0 unspecified atom stereocenters. The first-order valence-electron chi connectivity index (χ1n) is 9.87. The summed E-state index contributed by atoms with van der Waals surface area (Å²) in [6.45, 7) is 2.73. The number of halogens is 1. The smallest absolute Gasteiger partial charge is 0.308 e. The molecule has 7 heteroatoms. The zero-order chi connectivity index (χ0) is 21.6. The second kappa shape index (κ2) is 9.26. The van der Waals surface area contributed by atoms with Gasteiger partial charge in [0.25, 0.3) is 0 Å². The Hall–Kier alpha value is -3.92. The molecule has 1 atom stereocenters. The highest BCUT2D eigenvalue weighted by Crippen LogP contribution is 2.23. The molecule has 6 nitrogen and oxygen atoms in total. The minimum Gasteiger partial charge on any atom is -0.485 e. The van der Waals surface area contributed by atoms with E-state index in [1.54, 1.807) is 42.5 Å². The van der Waals surface area contributed by atoms with Gasteiger partial charge in [0.05, 0.1) is 6.54 Å². The summed E-state index contributed by atoms with van der Waals surface area (Å²) in [5.41, 5.74) is 1.32. The highest BCUT2D eigenvalue weighted by atomic mass is 19.1. The van der Waals surface area contributed by atoms with Crippen molar-refractivity contribution in [2.75, 3.05) is 18.0 Å². The Morgan fingerprint density at radius 2 is 1.87 bits per heavy atom. The SMILES string of the molecule is CC(=O)Oc1ccc(C#Cc2ccc(N3CC[C@H](Oc4ccccc4F)C3)nn2)cc1. The molecule has 0 bridgehead atoms. The molecule has 0 aliphatic carbocycles. The predicted molar refractivity (Wildman–Crippen MR) is 113 cm³/mol. The van der Waals surface area contributed by atoms with Crippen molar-refractivity contribution >= 4 is 11.8 Å². The van der Waals surface area contributed by atoms with Gasteiger partial charge in [-0.3, -0.25) is 4.79 Å². The van der Waals surface area contributed by atoms with Crippen LogP contribution in [-0.2, 0) is 4.79 Å². The third-order valence-electron chi connectivity index (χ3n) is 4.70. The molecule has 4 rings (SSSR count). The number of esters is 1. The molecular formula is C24H20FN3O3. The molecule has 0 amide bonds. The number of benzene rings is 2. The molecule has 0 spiro atoms. The van der Waals surface area contributed by atoms with Crippen molar-refractivity contribution < 1.29 is 18.7 Å². The largest absolute Gasteiger partial charge is 0.485 e. The highest BCUT2D eigenvalue weighted by molar-refractivity contribution is 5.69. The lowest BCUT2D eigenvalue weighted by Crippen LogP contribution is -2.25. The van der Waals surface area contributed by atoms with Crippen LogP contribution >= 0.6 is 0 Å². The lowest BCUT2D eigenvalue weighted by Gasteiger charge is -2.17. The number of carbonyl (C=O) groups excluding carboxylic acids is 1. The molecule has 1 aromatic heterocycles. The molecule has 3 aromatic rings. The molecule has 1 aliphatic rings. The van der Waals surface area contributed by atoms with E-state index in [0.717, 1.165) is 24.3 Å². The number of aromatic nitrogens is 2. The Bertz CT molecular complexity index is 1120. The Morgan fingerprint density at radius 3 is 2.58 bits per heavy atom. The fourth-order valence-electron chi connectivity index (χ4n) is 3.22. The number of nitrogens with zero attached hydrogens (tertiary/aromatic N) is 3. The second-order valence-electron chi connectivity index (χ2n) is 7.05. The summed E-state index contributed by atoms with van der Waals surface area (Å²) in [6, 6.07) is 17.0. The molecule has 2 heterocycles. The van der Waals surface area contributed by atoms with Crippen LogP contribution in [0.1, 0.15) is 24.6 Å². The number of anilines is 1. The number of hydrogen-bond acceptors (Lipinski definition) is 6. The molecule has 156 valence electrons. The maximum absolute atomic E-state index is 13.8. The lowest BCUT2D eigenvalue weighted by molar-refractivity contribution is -0.131. The van der Waals surface area contributed by atoms with Crippen LogP contribution < -0.4 is 14.4 Å². The van der Waals surface area contributed by atoms with Gasteiger partial charge in [-0.2, -0.15) is 0 Å². The van der Waals surface area contributed by atoms with Crippen LogP contribution in [0.5, 0.6) is 11.5 Å². The van der Waals surface area contributed by atoms with Gasteiger partial charge in [0.2, 0.25) is 0 Å². The Labute approximate surface area is 179 Å². The van der Waals surface area contributed by atoms with Gasteiger partial charge < -0.3 is 14.4 Å². The first kappa shape index (κ1) is 20.4. The average Bonchev–Trinajstić information content (AvgIpc) is 3.23. The van der Waals surface area contributed by atoms with Crippen LogP contribution in [0.3, 0.4) is 0 Å². The topological polar surface area (TPSA) is 64.5 Å². The second-order valence-corrected chi connectivity index (χ2v) is 7.05. The summed E-state index contributed by atoms with van der Waals surface area (Å²) in [6.07, 6.45) is 0.675. The van der Waals surface area contributed by atoms with Gasteiger partial charge in [0.1, 0.15) is 17.5 Å². The summed E-state index contributed by atoms with van der Waals surface area (Å²) in [5.74, 6) is 6.74. The molecule has 1 aliphatic heterocycles. The summed E-state index contributed by atoms with van der Waals surface area (Å²) >= 11 is 0. The normalized spacial score (nSPS) is 15.2. The maximum Gasteiger partial charge on any atom is 0.308 e. The van der Waals surface area contributed by atoms with Crippen LogP contribution in [0, 0.1) is 17.7 Å². The van der Waals surface area contributed by atoms with E-state index in [0.29, 0.717) is 18.0 Å². The van der Waals surface area contributed by atoms with Crippen molar-refractivity contribution in [3.05, 3.63) is 77.7 Å². The fourth-order valence-corrected chi connectivity index (χ4v) is 3.22. The molecule has 31 heavy (non-hydrogen) atoms. The third-order valence-corrected chi connectivity index (χ3v) is 4.70. The number of hydrogen-bond donors (Lipinski definition) is 0. The first-order chi connectivity index (χ1) is 15.1. The zero-order valence-corrected chi connectivity index (χ0v) is 16.9. The van der Waals surface area contributed by atoms with Crippen LogP contribution in [0.4, 0.5) is 10.2 Å². The Balaban J connectivity index is 1.35. The zero-order valence-electron chi connectivity index (χ0n) is 16.9. The molecule has 0 N–H and O–H groups in total. The number of carbonyl (C=O) groups is 1. The quantitative estimate of drug-likeness (QED) is 0.367. The summed E-state index contributed by atoms with van der Waals surface area (Å²) in [4.78, 5) is 13.0. The fraction of sp³-hybridized carbons (Fsp3) is 0.208. The van der Waals surface area contributed by atoms with E-state index in [1.807, 2.05) is 12.1 Å². The molecule has 0 saturated carbocycles. The van der Waals surface area contributed by atoms with E-state index in [9.17, 15) is 9.18 Å². The molecule has 2 aromatic carbocycles. The molecule has 1 saturated heterocycles. The van der Waals surface area contributed by atoms with Crippen molar-refractivity contribution in [3.8, 4) is 23.3 Å². The van der Waals surface area contributed by atoms with E-state index in [1.165, 1.54) is 13.0 Å². The molecular weight excluding hydrogens is 397 g/mol. The van der Waals surface area contributed by atoms with Crippen molar-refractivity contribution in [1.82, 2.24) is 10.2 Å². The Kier molecular flexibility index (Phi) is 6.08. The van der Waals surface area contributed by atoms with Crippen LogP contribution in [-0.4, -0.2) is 35.4 Å². The third kappa shape index (κ3) is 5.37. The standard InChI is InChI=1S/C24H20FN3O3/c1-17(29)30-20-11-7-18(8-12-20)6-9-19-10-13-24(27-26-19)28-15-14-21(16-28)31-23-5-3-2-4-22(23)25/h2-5,7-8,10-13,21H,14-16H2,1H3/t21-/m0/s1. The van der Waals surface area contributed by atoms with Gasteiger partial charge in [-0.1, -0.05) is 18.1 Å². The lowest BCUT2D eigenvalue weighted by atomic mass is 10.2. The van der Waals surface area contributed by atoms with Crippen molar-refractivity contribution in [2.45, 2.75) is 19.4 Å². The summed E-state index contributed by atoms with van der Waals surface area (Å²) < 4.78 is 24.6. The van der Waals surface area contributed by atoms with Gasteiger partial charge >= 0.3 is 5.97 Å². The molecule has 0 radical (unpaired) electrons. The Morgan fingerprint density at radius 1 is 1.06 bits per heavy atom. The van der Waals surface area contributed by atoms with Crippen molar-refractivity contribution in [1.29, 1.82) is 0 Å². The number of rotatable bonds is 4. The predicted octanol–water partition coefficient (Wildman–Crippen LogP) is 3.60.